The Hall–Kier alpha value is -1.18. The molecular formula is C15H20O2. The molecule has 1 fully saturated rings. The maximum atomic E-state index is 10.1. The van der Waals surface area contributed by atoms with Crippen LogP contribution < -0.4 is 4.74 Å². The molecule has 3 rings (SSSR count). The van der Waals surface area contributed by atoms with Crippen molar-refractivity contribution in [3.8, 4) is 11.5 Å². The number of hydrogen-bond donors (Lipinski definition) is 1. The van der Waals surface area contributed by atoms with E-state index in [1.165, 1.54) is 31.2 Å². The normalized spacial score (nSPS) is 20.6. The lowest BCUT2D eigenvalue weighted by atomic mass is 9.91. The van der Waals surface area contributed by atoms with Gasteiger partial charge in [0.2, 0.25) is 0 Å². The van der Waals surface area contributed by atoms with Gasteiger partial charge in [0.05, 0.1) is 0 Å². The first kappa shape index (κ1) is 10.9. The second-order valence-electron chi connectivity index (χ2n) is 5.70. The summed E-state index contributed by atoms with van der Waals surface area (Å²) in [5, 5.41) is 10.1. The molecule has 1 aliphatic carbocycles. The van der Waals surface area contributed by atoms with Crippen LogP contribution in [-0.4, -0.2) is 10.7 Å². The summed E-state index contributed by atoms with van der Waals surface area (Å²) in [5.74, 6) is 1.51. The van der Waals surface area contributed by atoms with Gasteiger partial charge in [-0.2, -0.15) is 0 Å². The van der Waals surface area contributed by atoms with Gasteiger partial charge in [-0.25, -0.2) is 0 Å². The molecule has 0 unspecified atom stereocenters. The Labute approximate surface area is 103 Å². The smallest absolute Gasteiger partial charge is 0.127 e. The van der Waals surface area contributed by atoms with E-state index >= 15 is 0 Å². The molecule has 0 radical (unpaired) electrons. The molecule has 0 aromatic heterocycles. The van der Waals surface area contributed by atoms with Gasteiger partial charge in [0.15, 0.2) is 0 Å². The predicted molar refractivity (Wildman–Crippen MR) is 67.8 cm³/mol. The highest BCUT2D eigenvalue weighted by Gasteiger charge is 2.43. The molecule has 1 aliphatic heterocycles. The van der Waals surface area contributed by atoms with Gasteiger partial charge in [0.1, 0.15) is 17.1 Å². The second-order valence-corrected chi connectivity index (χ2v) is 5.70. The Kier molecular flexibility index (Phi) is 2.19. The molecule has 0 amide bonds. The van der Waals surface area contributed by atoms with E-state index in [-0.39, 0.29) is 5.60 Å². The molecule has 2 aliphatic rings. The quantitative estimate of drug-likeness (QED) is 0.741. The minimum Gasteiger partial charge on any atom is -0.507 e. The molecule has 0 atom stereocenters. The lowest BCUT2D eigenvalue weighted by Crippen LogP contribution is -2.30. The number of hydrogen-bond acceptors (Lipinski definition) is 2. The SMILES string of the molecule is Cc1c(C)c2c(c(C)c1O)CC1(CCCC1)O2. The number of phenols is 1. The van der Waals surface area contributed by atoms with Crippen molar-refractivity contribution >= 4 is 0 Å². The van der Waals surface area contributed by atoms with Crippen molar-refractivity contribution in [3.05, 3.63) is 22.3 Å². The van der Waals surface area contributed by atoms with Gasteiger partial charge in [-0.05, 0) is 63.1 Å². The fraction of sp³-hybridized carbons (Fsp3) is 0.600. The fourth-order valence-electron chi connectivity index (χ4n) is 3.39. The van der Waals surface area contributed by atoms with Crippen LogP contribution in [0.15, 0.2) is 0 Å². The summed E-state index contributed by atoms with van der Waals surface area (Å²) >= 11 is 0. The fourth-order valence-corrected chi connectivity index (χ4v) is 3.39. The molecule has 0 saturated heterocycles. The average molecular weight is 232 g/mol. The zero-order valence-corrected chi connectivity index (χ0v) is 10.9. The second kappa shape index (κ2) is 3.41. The summed E-state index contributed by atoms with van der Waals surface area (Å²) in [6.07, 6.45) is 5.87. The first-order valence-corrected chi connectivity index (χ1v) is 6.55. The third-order valence-electron chi connectivity index (χ3n) is 4.67. The first-order valence-electron chi connectivity index (χ1n) is 6.55. The molecule has 1 saturated carbocycles. The van der Waals surface area contributed by atoms with E-state index < -0.39 is 0 Å². The summed E-state index contributed by atoms with van der Waals surface area (Å²) in [5.41, 5.74) is 4.40. The van der Waals surface area contributed by atoms with Crippen LogP contribution in [0.4, 0.5) is 0 Å². The topological polar surface area (TPSA) is 29.5 Å². The standard InChI is InChI=1S/C15H20O2/c1-9-10(2)14-12(11(3)13(9)16)8-15(17-14)6-4-5-7-15/h16H,4-8H2,1-3H3. The Morgan fingerprint density at radius 1 is 1.00 bits per heavy atom. The molecule has 1 aromatic carbocycles. The summed E-state index contributed by atoms with van der Waals surface area (Å²) in [4.78, 5) is 0. The number of aromatic hydroxyl groups is 1. The highest BCUT2D eigenvalue weighted by atomic mass is 16.5. The van der Waals surface area contributed by atoms with Crippen molar-refractivity contribution in [2.24, 2.45) is 0 Å². The van der Waals surface area contributed by atoms with Crippen LogP contribution in [0.1, 0.15) is 47.9 Å². The van der Waals surface area contributed by atoms with E-state index in [1.807, 2.05) is 13.8 Å². The lowest BCUT2D eigenvalue weighted by molar-refractivity contribution is 0.102. The van der Waals surface area contributed by atoms with Gasteiger partial charge >= 0.3 is 0 Å². The van der Waals surface area contributed by atoms with Crippen molar-refractivity contribution in [3.63, 3.8) is 0 Å². The van der Waals surface area contributed by atoms with Crippen LogP contribution in [0.25, 0.3) is 0 Å². The van der Waals surface area contributed by atoms with E-state index in [2.05, 4.69) is 6.92 Å². The summed E-state index contributed by atoms with van der Waals surface area (Å²) < 4.78 is 6.29. The van der Waals surface area contributed by atoms with Crippen LogP contribution in [-0.2, 0) is 6.42 Å². The molecule has 17 heavy (non-hydrogen) atoms. The van der Waals surface area contributed by atoms with Crippen molar-refractivity contribution < 1.29 is 9.84 Å². The third-order valence-corrected chi connectivity index (χ3v) is 4.67. The van der Waals surface area contributed by atoms with Gasteiger partial charge in [-0.3, -0.25) is 0 Å². The molecule has 1 heterocycles. The summed E-state index contributed by atoms with van der Waals surface area (Å²) in [7, 11) is 0. The zero-order valence-electron chi connectivity index (χ0n) is 10.9. The zero-order chi connectivity index (χ0) is 12.2. The van der Waals surface area contributed by atoms with Gasteiger partial charge in [0, 0.05) is 12.0 Å². The summed E-state index contributed by atoms with van der Waals surface area (Å²) in [6.45, 7) is 6.04. The first-order chi connectivity index (χ1) is 8.04. The summed E-state index contributed by atoms with van der Waals surface area (Å²) in [6, 6.07) is 0. The Morgan fingerprint density at radius 3 is 2.29 bits per heavy atom. The Bertz CT molecular complexity index is 443. The molecule has 2 nitrogen and oxygen atoms in total. The molecule has 1 N–H and O–H groups in total. The molecule has 2 heteroatoms. The molecule has 1 spiro atoms. The monoisotopic (exact) mass is 232 g/mol. The van der Waals surface area contributed by atoms with E-state index in [1.54, 1.807) is 0 Å². The van der Waals surface area contributed by atoms with Crippen molar-refractivity contribution in [2.45, 2.75) is 58.5 Å². The van der Waals surface area contributed by atoms with E-state index in [9.17, 15) is 5.11 Å². The lowest BCUT2D eigenvalue weighted by Gasteiger charge is -2.23. The van der Waals surface area contributed by atoms with Crippen LogP contribution in [0.2, 0.25) is 0 Å². The number of fused-ring (bicyclic) bond motifs is 1. The van der Waals surface area contributed by atoms with Crippen molar-refractivity contribution in [1.82, 2.24) is 0 Å². The van der Waals surface area contributed by atoms with Gasteiger partial charge in [-0.15, -0.1) is 0 Å². The van der Waals surface area contributed by atoms with Crippen LogP contribution in [0.5, 0.6) is 11.5 Å². The highest BCUT2D eigenvalue weighted by molar-refractivity contribution is 5.59. The average Bonchev–Trinajstić information content (AvgIpc) is 2.92. The van der Waals surface area contributed by atoms with Crippen molar-refractivity contribution in [2.75, 3.05) is 0 Å². The molecule has 92 valence electrons. The maximum absolute atomic E-state index is 10.1. The highest BCUT2D eigenvalue weighted by Crippen LogP contribution is 2.49. The van der Waals surface area contributed by atoms with Gasteiger partial charge in [-0.1, -0.05) is 0 Å². The minimum absolute atomic E-state index is 0.0537. The van der Waals surface area contributed by atoms with Crippen LogP contribution in [0.3, 0.4) is 0 Å². The Balaban J connectivity index is 2.13. The van der Waals surface area contributed by atoms with Gasteiger partial charge in [0.25, 0.3) is 0 Å². The number of phenolic OH excluding ortho intramolecular Hbond substituents is 1. The van der Waals surface area contributed by atoms with Crippen LogP contribution >= 0.6 is 0 Å². The van der Waals surface area contributed by atoms with E-state index in [0.717, 1.165) is 28.9 Å². The Morgan fingerprint density at radius 2 is 1.65 bits per heavy atom. The molecule has 0 bridgehead atoms. The van der Waals surface area contributed by atoms with E-state index in [0.29, 0.717) is 5.75 Å². The molecule has 1 aromatic rings. The van der Waals surface area contributed by atoms with Crippen LogP contribution in [0, 0.1) is 20.8 Å². The number of ether oxygens (including phenoxy) is 1. The number of benzene rings is 1. The van der Waals surface area contributed by atoms with Gasteiger partial charge < -0.3 is 9.84 Å². The number of rotatable bonds is 0. The maximum Gasteiger partial charge on any atom is 0.127 e. The third kappa shape index (κ3) is 1.39. The predicted octanol–water partition coefficient (Wildman–Crippen LogP) is 3.57. The molecular weight excluding hydrogens is 212 g/mol. The largest absolute Gasteiger partial charge is 0.507 e. The van der Waals surface area contributed by atoms with Crippen molar-refractivity contribution in [1.29, 1.82) is 0 Å². The van der Waals surface area contributed by atoms with E-state index in [4.69, 9.17) is 4.74 Å². The minimum atomic E-state index is 0.0537.